The predicted molar refractivity (Wildman–Crippen MR) is 124 cm³/mol. The van der Waals surface area contributed by atoms with Gasteiger partial charge in [-0.15, -0.1) is 0 Å². The van der Waals surface area contributed by atoms with Crippen LogP contribution >= 0.6 is 0 Å². The summed E-state index contributed by atoms with van der Waals surface area (Å²) in [6.07, 6.45) is 0.633. The van der Waals surface area contributed by atoms with Crippen molar-refractivity contribution in [3.63, 3.8) is 0 Å². The standard InChI is InChI=1S/C22H26N6O3S/c1-4-28(5-2)32(30,31)15-10-11-19-18(14-15)23-20(27(19)3)12-13-21(29)26-22-24-16-8-6-7-9-17(16)25-22/h6-11,14H,4-5,12-13H2,1-3H3,(H2,24,25,26,29). The summed E-state index contributed by atoms with van der Waals surface area (Å²) >= 11 is 0. The average molecular weight is 455 g/mol. The molecule has 0 aliphatic rings. The van der Waals surface area contributed by atoms with Crippen LogP contribution in [0.15, 0.2) is 47.4 Å². The van der Waals surface area contributed by atoms with Crippen LogP contribution in [0.25, 0.3) is 22.1 Å². The number of hydrogen-bond acceptors (Lipinski definition) is 5. The first-order chi connectivity index (χ1) is 15.3. The fraction of sp³-hybridized carbons (Fsp3) is 0.318. The van der Waals surface area contributed by atoms with E-state index in [2.05, 4.69) is 20.3 Å². The van der Waals surface area contributed by atoms with Gasteiger partial charge in [0.1, 0.15) is 5.82 Å². The molecule has 0 spiro atoms. The number of sulfonamides is 1. The van der Waals surface area contributed by atoms with E-state index in [0.717, 1.165) is 16.6 Å². The number of nitrogens with one attached hydrogen (secondary N) is 2. The van der Waals surface area contributed by atoms with Crippen molar-refractivity contribution in [1.29, 1.82) is 0 Å². The van der Waals surface area contributed by atoms with E-state index in [1.165, 1.54) is 4.31 Å². The van der Waals surface area contributed by atoms with Crippen molar-refractivity contribution < 1.29 is 13.2 Å². The maximum absolute atomic E-state index is 12.8. The minimum atomic E-state index is -3.56. The summed E-state index contributed by atoms with van der Waals surface area (Å²) in [5.74, 6) is 0.936. The smallest absolute Gasteiger partial charge is 0.243 e. The minimum absolute atomic E-state index is 0.180. The lowest BCUT2D eigenvalue weighted by Crippen LogP contribution is -2.30. The Balaban J connectivity index is 1.49. The number of imidazole rings is 2. The van der Waals surface area contributed by atoms with Gasteiger partial charge in [-0.2, -0.15) is 4.31 Å². The Kier molecular flexibility index (Phi) is 5.98. The van der Waals surface area contributed by atoms with Crippen molar-refractivity contribution in [2.75, 3.05) is 18.4 Å². The third-order valence-electron chi connectivity index (χ3n) is 5.51. The molecule has 0 aliphatic heterocycles. The van der Waals surface area contributed by atoms with Crippen LogP contribution in [-0.4, -0.2) is 51.2 Å². The van der Waals surface area contributed by atoms with Gasteiger partial charge in [0, 0.05) is 33.0 Å². The van der Waals surface area contributed by atoms with E-state index in [9.17, 15) is 13.2 Å². The molecular formula is C22H26N6O3S. The summed E-state index contributed by atoms with van der Waals surface area (Å²) in [6, 6.07) is 12.5. The van der Waals surface area contributed by atoms with Crippen LogP contribution in [0.2, 0.25) is 0 Å². The van der Waals surface area contributed by atoms with Crippen molar-refractivity contribution in [2.45, 2.75) is 31.6 Å². The highest BCUT2D eigenvalue weighted by Crippen LogP contribution is 2.23. The van der Waals surface area contributed by atoms with E-state index >= 15 is 0 Å². The van der Waals surface area contributed by atoms with E-state index in [0.29, 0.717) is 36.8 Å². The summed E-state index contributed by atoms with van der Waals surface area (Å²) < 4.78 is 28.9. The fourth-order valence-corrected chi connectivity index (χ4v) is 5.24. The van der Waals surface area contributed by atoms with Crippen LogP contribution in [0.4, 0.5) is 5.95 Å². The van der Waals surface area contributed by atoms with Gasteiger partial charge in [0.05, 0.1) is 27.0 Å². The monoisotopic (exact) mass is 454 g/mol. The molecule has 0 unspecified atom stereocenters. The first-order valence-corrected chi connectivity index (χ1v) is 12.0. The van der Waals surface area contributed by atoms with E-state index in [1.54, 1.807) is 18.2 Å². The lowest BCUT2D eigenvalue weighted by Gasteiger charge is -2.18. The van der Waals surface area contributed by atoms with Crippen LogP contribution < -0.4 is 5.32 Å². The normalized spacial score (nSPS) is 12.1. The summed E-state index contributed by atoms with van der Waals surface area (Å²) in [4.78, 5) is 24.7. The third kappa shape index (κ3) is 4.11. The molecule has 10 heteroatoms. The van der Waals surface area contributed by atoms with Crippen molar-refractivity contribution in [3.05, 3.63) is 48.3 Å². The van der Waals surface area contributed by atoms with Crippen molar-refractivity contribution in [1.82, 2.24) is 23.8 Å². The van der Waals surface area contributed by atoms with Gasteiger partial charge in [-0.05, 0) is 30.3 Å². The highest BCUT2D eigenvalue weighted by atomic mass is 32.2. The maximum Gasteiger partial charge on any atom is 0.243 e. The first kappa shape index (κ1) is 22.0. The zero-order valence-electron chi connectivity index (χ0n) is 18.3. The number of aromatic amines is 1. The number of rotatable bonds is 8. The molecule has 0 radical (unpaired) electrons. The Hall–Kier alpha value is -3.24. The van der Waals surface area contributed by atoms with Gasteiger partial charge < -0.3 is 9.55 Å². The van der Waals surface area contributed by atoms with Gasteiger partial charge in [-0.25, -0.2) is 18.4 Å². The summed E-state index contributed by atoms with van der Waals surface area (Å²) in [5, 5.41) is 2.78. The number of anilines is 1. The SMILES string of the molecule is CCN(CC)S(=O)(=O)c1ccc2c(c1)nc(CCC(=O)Nc1nc3ccccc3[nH]1)n2C. The van der Waals surface area contributed by atoms with Crippen molar-refractivity contribution in [3.8, 4) is 0 Å². The fourth-order valence-electron chi connectivity index (χ4n) is 3.76. The van der Waals surface area contributed by atoms with Gasteiger partial charge in [0.25, 0.3) is 0 Å². The lowest BCUT2D eigenvalue weighted by molar-refractivity contribution is -0.116. The van der Waals surface area contributed by atoms with Crippen LogP contribution in [0.3, 0.4) is 0 Å². The second kappa shape index (κ2) is 8.71. The molecule has 168 valence electrons. The Labute approximate surface area is 186 Å². The summed E-state index contributed by atoms with van der Waals surface area (Å²) in [5.41, 5.74) is 3.05. The molecule has 0 aliphatic carbocycles. The number of nitrogens with zero attached hydrogens (tertiary/aromatic N) is 4. The van der Waals surface area contributed by atoms with E-state index in [-0.39, 0.29) is 17.2 Å². The third-order valence-corrected chi connectivity index (χ3v) is 7.56. The molecule has 2 aromatic heterocycles. The van der Waals surface area contributed by atoms with E-state index < -0.39 is 10.0 Å². The average Bonchev–Trinajstić information content (AvgIpc) is 3.32. The highest BCUT2D eigenvalue weighted by molar-refractivity contribution is 7.89. The van der Waals surface area contributed by atoms with Crippen LogP contribution in [-0.2, 0) is 28.3 Å². The predicted octanol–water partition coefficient (Wildman–Crippen LogP) is 3.05. The number of fused-ring (bicyclic) bond motifs is 2. The molecule has 9 nitrogen and oxygen atoms in total. The molecule has 2 heterocycles. The Morgan fingerprint density at radius 1 is 1.09 bits per heavy atom. The first-order valence-electron chi connectivity index (χ1n) is 10.5. The topological polar surface area (TPSA) is 113 Å². The summed E-state index contributed by atoms with van der Waals surface area (Å²) in [7, 11) is -1.70. The van der Waals surface area contributed by atoms with E-state index in [1.807, 2.05) is 49.7 Å². The molecule has 4 rings (SSSR count). The van der Waals surface area contributed by atoms with Crippen LogP contribution in [0, 0.1) is 0 Å². The molecule has 4 aromatic rings. The Morgan fingerprint density at radius 3 is 2.56 bits per heavy atom. The van der Waals surface area contributed by atoms with Crippen LogP contribution in [0.1, 0.15) is 26.1 Å². The number of para-hydroxylation sites is 2. The molecule has 2 N–H and O–H groups in total. The largest absolute Gasteiger partial charge is 0.331 e. The Bertz CT molecular complexity index is 1350. The van der Waals surface area contributed by atoms with E-state index in [4.69, 9.17) is 0 Å². The van der Waals surface area contributed by atoms with Crippen molar-refractivity contribution >= 4 is 43.9 Å². The molecule has 0 saturated heterocycles. The van der Waals surface area contributed by atoms with Gasteiger partial charge in [-0.3, -0.25) is 10.1 Å². The summed E-state index contributed by atoms with van der Waals surface area (Å²) in [6.45, 7) is 4.44. The van der Waals surface area contributed by atoms with Gasteiger partial charge in [0.15, 0.2) is 0 Å². The van der Waals surface area contributed by atoms with Gasteiger partial charge >= 0.3 is 0 Å². The minimum Gasteiger partial charge on any atom is -0.331 e. The maximum atomic E-state index is 12.8. The molecule has 2 aromatic carbocycles. The van der Waals surface area contributed by atoms with Crippen LogP contribution in [0.5, 0.6) is 0 Å². The molecular weight excluding hydrogens is 428 g/mol. The Morgan fingerprint density at radius 2 is 1.84 bits per heavy atom. The zero-order valence-corrected chi connectivity index (χ0v) is 19.1. The number of carbonyl (C=O) groups excluding carboxylic acids is 1. The lowest BCUT2D eigenvalue weighted by atomic mass is 10.3. The molecule has 0 bridgehead atoms. The molecule has 0 atom stereocenters. The number of aromatic nitrogens is 4. The molecule has 0 saturated carbocycles. The molecule has 0 fully saturated rings. The zero-order chi connectivity index (χ0) is 22.9. The molecule has 1 amide bonds. The number of benzene rings is 2. The molecule has 32 heavy (non-hydrogen) atoms. The highest BCUT2D eigenvalue weighted by Gasteiger charge is 2.22. The van der Waals surface area contributed by atoms with Gasteiger partial charge in [-0.1, -0.05) is 26.0 Å². The quantitative estimate of drug-likeness (QED) is 0.425. The number of H-pyrrole nitrogens is 1. The van der Waals surface area contributed by atoms with Crippen molar-refractivity contribution in [2.24, 2.45) is 7.05 Å². The second-order valence-electron chi connectivity index (χ2n) is 7.48. The number of aryl methyl sites for hydroxylation is 2. The number of carbonyl (C=O) groups is 1. The van der Waals surface area contributed by atoms with Gasteiger partial charge in [0.2, 0.25) is 21.9 Å². The second-order valence-corrected chi connectivity index (χ2v) is 9.42. The number of amides is 1. The number of hydrogen-bond donors (Lipinski definition) is 2.